The van der Waals surface area contributed by atoms with E-state index in [0.717, 1.165) is 29.3 Å². The zero-order chi connectivity index (χ0) is 14.1. The number of nitrogens with zero attached hydrogens (tertiary/aromatic N) is 4. The maximum absolute atomic E-state index is 12.5. The summed E-state index contributed by atoms with van der Waals surface area (Å²) in [5, 5.41) is 9.91. The van der Waals surface area contributed by atoms with E-state index in [0.29, 0.717) is 10.7 Å². The molecule has 0 spiro atoms. The van der Waals surface area contributed by atoms with Gasteiger partial charge in [0.05, 0.1) is 5.52 Å². The second-order valence-corrected chi connectivity index (χ2v) is 6.14. The number of aryl methyl sites for hydroxylation is 1. The molecule has 0 unspecified atom stereocenters. The van der Waals surface area contributed by atoms with Crippen molar-refractivity contribution in [3.05, 3.63) is 33.7 Å². The number of benzene rings is 1. The summed E-state index contributed by atoms with van der Waals surface area (Å²) in [5.74, 6) is 0. The van der Waals surface area contributed by atoms with E-state index >= 15 is 0 Å². The minimum Gasteiger partial charge on any atom is -0.284 e. The van der Waals surface area contributed by atoms with E-state index in [-0.39, 0.29) is 11.2 Å². The first-order valence-corrected chi connectivity index (χ1v) is 6.93. The van der Waals surface area contributed by atoms with E-state index in [1.54, 1.807) is 17.7 Å². The highest BCUT2D eigenvalue weighted by molar-refractivity contribution is 6.31. The molecule has 1 saturated carbocycles. The van der Waals surface area contributed by atoms with Gasteiger partial charge in [-0.15, -0.1) is 10.2 Å². The molecule has 2 heterocycles. The van der Waals surface area contributed by atoms with Crippen LogP contribution in [0.4, 0.5) is 0 Å². The lowest BCUT2D eigenvalue weighted by Gasteiger charge is -2.11. The Balaban J connectivity index is 2.29. The third-order valence-electron chi connectivity index (χ3n) is 4.21. The number of halogens is 1. The summed E-state index contributed by atoms with van der Waals surface area (Å²) in [5.41, 5.74) is 2.06. The van der Waals surface area contributed by atoms with Crippen LogP contribution in [0.1, 0.15) is 19.8 Å². The van der Waals surface area contributed by atoms with Crippen molar-refractivity contribution in [1.82, 2.24) is 19.3 Å². The van der Waals surface area contributed by atoms with E-state index in [1.807, 2.05) is 16.7 Å². The van der Waals surface area contributed by atoms with E-state index in [9.17, 15) is 4.79 Å². The van der Waals surface area contributed by atoms with E-state index in [4.69, 9.17) is 11.6 Å². The lowest BCUT2D eigenvalue weighted by molar-refractivity contribution is 0.521. The molecule has 6 heteroatoms. The summed E-state index contributed by atoms with van der Waals surface area (Å²) in [4.78, 5) is 12.5. The highest BCUT2D eigenvalue weighted by atomic mass is 35.5. The van der Waals surface area contributed by atoms with Crippen molar-refractivity contribution in [3.63, 3.8) is 0 Å². The van der Waals surface area contributed by atoms with Crippen LogP contribution >= 0.6 is 11.6 Å². The maximum atomic E-state index is 12.5. The first-order chi connectivity index (χ1) is 9.51. The van der Waals surface area contributed by atoms with Crippen molar-refractivity contribution in [2.24, 2.45) is 7.05 Å². The number of rotatable bonds is 1. The second kappa shape index (κ2) is 3.61. The van der Waals surface area contributed by atoms with Crippen LogP contribution in [0.3, 0.4) is 0 Å². The number of fused-ring (bicyclic) bond motifs is 3. The predicted molar refractivity (Wildman–Crippen MR) is 78.2 cm³/mol. The molecule has 1 aliphatic carbocycles. The van der Waals surface area contributed by atoms with Crippen molar-refractivity contribution in [2.75, 3.05) is 0 Å². The number of hydrogen-bond donors (Lipinski definition) is 0. The molecule has 20 heavy (non-hydrogen) atoms. The van der Waals surface area contributed by atoms with Crippen molar-refractivity contribution >= 4 is 33.7 Å². The molecule has 0 radical (unpaired) electrons. The maximum Gasteiger partial charge on any atom is 0.330 e. The van der Waals surface area contributed by atoms with Gasteiger partial charge in [-0.3, -0.25) is 9.13 Å². The lowest BCUT2D eigenvalue weighted by atomic mass is 10.2. The Morgan fingerprint density at radius 3 is 2.75 bits per heavy atom. The Kier molecular flexibility index (Phi) is 2.15. The fourth-order valence-corrected chi connectivity index (χ4v) is 2.91. The molecule has 5 nitrogen and oxygen atoms in total. The molecule has 1 aliphatic rings. The van der Waals surface area contributed by atoms with Crippen LogP contribution in [0.2, 0.25) is 5.02 Å². The molecule has 102 valence electrons. The van der Waals surface area contributed by atoms with Crippen LogP contribution < -0.4 is 5.69 Å². The quantitative estimate of drug-likeness (QED) is 0.691. The van der Waals surface area contributed by atoms with Crippen LogP contribution in [0, 0.1) is 0 Å². The fraction of sp³-hybridized carbons (Fsp3) is 0.357. The minimum absolute atomic E-state index is 0.0400. The number of hydrogen-bond acceptors (Lipinski definition) is 3. The van der Waals surface area contributed by atoms with Crippen LogP contribution in [0.25, 0.3) is 22.1 Å². The Bertz CT molecular complexity index is 920. The van der Waals surface area contributed by atoms with E-state index in [1.165, 1.54) is 0 Å². The van der Waals surface area contributed by atoms with E-state index < -0.39 is 0 Å². The average Bonchev–Trinajstić information content (AvgIpc) is 3.10. The van der Waals surface area contributed by atoms with Gasteiger partial charge in [-0.1, -0.05) is 11.6 Å². The van der Waals surface area contributed by atoms with Gasteiger partial charge in [0.1, 0.15) is 5.52 Å². The largest absolute Gasteiger partial charge is 0.330 e. The number of imidazole rings is 1. The van der Waals surface area contributed by atoms with Crippen LogP contribution in [0.15, 0.2) is 23.0 Å². The van der Waals surface area contributed by atoms with Crippen molar-refractivity contribution in [3.8, 4) is 0 Å². The van der Waals surface area contributed by atoms with Gasteiger partial charge in [0.2, 0.25) is 0 Å². The van der Waals surface area contributed by atoms with Crippen LogP contribution in [-0.4, -0.2) is 19.3 Å². The van der Waals surface area contributed by atoms with Gasteiger partial charge >= 0.3 is 5.69 Å². The standard InChI is InChI=1S/C14H13ClN4O/c1-14(5-6-14)19-11-9-7-8(15)3-4-10(9)16-17-12(11)18(2)13(19)20/h3-4,7H,5-6H2,1-2H3. The highest BCUT2D eigenvalue weighted by Gasteiger charge is 2.42. The fourth-order valence-electron chi connectivity index (χ4n) is 2.74. The molecular formula is C14H13ClN4O. The van der Waals surface area contributed by atoms with Crippen molar-refractivity contribution < 1.29 is 0 Å². The molecule has 3 aromatic rings. The average molecular weight is 289 g/mol. The van der Waals surface area contributed by atoms with Gasteiger partial charge in [-0.2, -0.15) is 0 Å². The first kappa shape index (κ1) is 11.9. The Hall–Kier alpha value is -1.88. The lowest BCUT2D eigenvalue weighted by Crippen LogP contribution is -2.29. The van der Waals surface area contributed by atoms with Crippen molar-refractivity contribution in [2.45, 2.75) is 25.3 Å². The third-order valence-corrected chi connectivity index (χ3v) is 4.45. The topological polar surface area (TPSA) is 52.7 Å². The smallest absolute Gasteiger partial charge is 0.284 e. The monoisotopic (exact) mass is 288 g/mol. The molecule has 1 aromatic carbocycles. The van der Waals surface area contributed by atoms with Gasteiger partial charge in [0.15, 0.2) is 5.65 Å². The molecular weight excluding hydrogens is 276 g/mol. The van der Waals surface area contributed by atoms with Crippen LogP contribution in [0.5, 0.6) is 0 Å². The molecule has 0 bridgehead atoms. The summed E-state index contributed by atoms with van der Waals surface area (Å²) in [6.45, 7) is 2.10. The van der Waals surface area contributed by atoms with Gasteiger partial charge < -0.3 is 0 Å². The molecule has 2 aromatic heterocycles. The normalized spacial score (nSPS) is 16.9. The predicted octanol–water partition coefficient (Wildman–Crippen LogP) is 2.45. The Morgan fingerprint density at radius 2 is 2.05 bits per heavy atom. The third kappa shape index (κ3) is 1.41. The summed E-state index contributed by atoms with van der Waals surface area (Å²) in [7, 11) is 1.73. The molecule has 0 amide bonds. The molecule has 0 aliphatic heterocycles. The zero-order valence-electron chi connectivity index (χ0n) is 11.2. The molecule has 1 fully saturated rings. The van der Waals surface area contributed by atoms with Gasteiger partial charge in [0.25, 0.3) is 0 Å². The van der Waals surface area contributed by atoms with Crippen LogP contribution in [-0.2, 0) is 12.6 Å². The highest BCUT2D eigenvalue weighted by Crippen LogP contribution is 2.44. The molecule has 0 N–H and O–H groups in total. The Morgan fingerprint density at radius 1 is 1.30 bits per heavy atom. The summed E-state index contributed by atoms with van der Waals surface area (Å²) in [6.07, 6.45) is 2.02. The van der Waals surface area contributed by atoms with Gasteiger partial charge in [-0.25, -0.2) is 4.79 Å². The second-order valence-electron chi connectivity index (χ2n) is 5.71. The first-order valence-electron chi connectivity index (χ1n) is 6.55. The van der Waals surface area contributed by atoms with Crippen molar-refractivity contribution in [1.29, 1.82) is 0 Å². The zero-order valence-corrected chi connectivity index (χ0v) is 12.0. The van der Waals surface area contributed by atoms with E-state index in [2.05, 4.69) is 17.1 Å². The minimum atomic E-state index is -0.102. The molecule has 0 atom stereocenters. The number of aromatic nitrogens is 4. The SMILES string of the molecule is Cn1c(=O)n(C2(C)CC2)c2c3cc(Cl)ccc3nnc21. The van der Waals surface area contributed by atoms with Gasteiger partial charge in [0, 0.05) is 23.0 Å². The Labute approximate surface area is 119 Å². The summed E-state index contributed by atoms with van der Waals surface area (Å²) in [6, 6.07) is 5.48. The van der Waals surface area contributed by atoms with Gasteiger partial charge in [-0.05, 0) is 38.0 Å². The summed E-state index contributed by atoms with van der Waals surface area (Å²) < 4.78 is 3.42. The molecule has 4 rings (SSSR count). The summed E-state index contributed by atoms with van der Waals surface area (Å²) >= 11 is 6.11. The molecule has 0 saturated heterocycles.